The smallest absolute Gasteiger partial charge is 0.364 e. The number of carbonyl (C=O) groups excluding carboxylic acids is 5. The molecule has 9 aliphatic heterocycles. The number of aliphatic hydroxyl groups is 30. The number of ether oxygens (including phenoxy) is 18. The van der Waals surface area contributed by atoms with Crippen LogP contribution >= 0.6 is 0 Å². The van der Waals surface area contributed by atoms with Crippen LogP contribution in [-0.4, -0.2) is 579 Å². The molecule has 0 spiro atoms. The Morgan fingerprint density at radius 3 is 1.14 bits per heavy atom. The standard InChI is InChI=1S/C73H123N5O55/c1-18(89)74-22(6-79)39(97)56(25(95)8-81)126-64-36(75-19(2)90)46(104)59(31(14-87)121-64)129-69-55(113)61(45(103)32(124-69)16-116-70-62(51(109)42(100)27(10-83)119-70)131-65-37(76-20(3)91)47(105)57(29(12-85)122-65)127-67-53(111)49(107)41(99)26(9-82)118-67)130-71-63(52(110)43(101)28(11-84)120-71)132-66-38(77-21(4)92)48(106)58(30(13-86)123-66)128-68-54(112)50(108)44(102)33(125-68)17-117-73(72(114)115)5-23(93)35(78-34(96)15-88)60(133-73)40(98)24(94)7-80/h22-33,35-71,79-88,93-95,97-113H,5-17H2,1-4H3,(H,74,89)(H,75,90)(H,76,91)(H,77,92)(H,78,96)(H,114,115)/t22-,23-,24+,25+,26+,27+,28+,29+,30+,31+,32+,33+,35+,36+,37+,38+,39+,40+,41-,42+,43+,44-,45+,46+,47+,48+,49-,50-,51-,52-,53+,54+,55-,56+,57+,58+,59+,60+,61-,62-,63-,64-,65-,66-,67-,68-,69-,70-,71+,73+/m0/s1. The molecule has 0 aliphatic carbocycles. The molecular formula is C73H123N5O55. The van der Waals surface area contributed by atoms with Crippen molar-refractivity contribution in [3.05, 3.63) is 0 Å². The molecule has 0 aromatic carbocycles. The van der Waals surface area contributed by atoms with Crippen molar-refractivity contribution in [3.8, 4) is 0 Å². The molecule has 9 aliphatic rings. The van der Waals surface area contributed by atoms with Gasteiger partial charge in [-0.15, -0.1) is 0 Å². The first-order valence-corrected chi connectivity index (χ1v) is 41.9. The summed E-state index contributed by atoms with van der Waals surface area (Å²) in [6.45, 7) is -10.9. The zero-order valence-electron chi connectivity index (χ0n) is 71.1. The van der Waals surface area contributed by atoms with Gasteiger partial charge in [-0.2, -0.15) is 0 Å². The van der Waals surface area contributed by atoms with Gasteiger partial charge in [-0.25, -0.2) is 4.79 Å². The largest absolute Gasteiger partial charge is 0.477 e. The minimum absolute atomic E-state index is 0.843. The van der Waals surface area contributed by atoms with Gasteiger partial charge in [0, 0.05) is 34.1 Å². The van der Waals surface area contributed by atoms with Crippen LogP contribution in [-0.2, 0) is 114 Å². The fourth-order valence-electron chi connectivity index (χ4n) is 16.5. The fourth-order valence-corrected chi connectivity index (χ4v) is 16.5. The van der Waals surface area contributed by atoms with E-state index in [0.29, 0.717) is 0 Å². The van der Waals surface area contributed by atoms with Crippen molar-refractivity contribution < 1.29 is 272 Å². The Morgan fingerprint density at radius 1 is 0.353 bits per heavy atom. The molecule has 0 radical (unpaired) electrons. The average Bonchev–Trinajstić information content (AvgIpc) is 0.788. The van der Waals surface area contributed by atoms with E-state index in [-0.39, 0.29) is 0 Å². The van der Waals surface area contributed by atoms with Gasteiger partial charge in [-0.05, 0) is 0 Å². The van der Waals surface area contributed by atoms with E-state index >= 15 is 0 Å². The van der Waals surface area contributed by atoms with Gasteiger partial charge in [0.2, 0.25) is 29.5 Å². The van der Waals surface area contributed by atoms with Crippen molar-refractivity contribution in [2.24, 2.45) is 0 Å². The summed E-state index contributed by atoms with van der Waals surface area (Å²) in [4.78, 5) is 76.7. The van der Waals surface area contributed by atoms with E-state index in [9.17, 15) is 187 Å². The molecule has 0 aromatic rings. The molecule has 9 heterocycles. The molecule has 9 rings (SSSR count). The Morgan fingerprint density at radius 2 is 0.722 bits per heavy atom. The van der Waals surface area contributed by atoms with E-state index in [1.165, 1.54) is 0 Å². The van der Waals surface area contributed by atoms with Crippen LogP contribution < -0.4 is 26.6 Å². The molecule has 50 atom stereocenters. The van der Waals surface area contributed by atoms with Gasteiger partial charge in [0.1, 0.15) is 238 Å². The second kappa shape index (κ2) is 49.3. The lowest BCUT2D eigenvalue weighted by Crippen LogP contribution is -2.70. The molecule has 5 amide bonds. The van der Waals surface area contributed by atoms with Crippen LogP contribution in [0.5, 0.6) is 0 Å². The van der Waals surface area contributed by atoms with Crippen LogP contribution in [0.4, 0.5) is 0 Å². The normalized spacial score (nSPS) is 44.5. The first-order valence-electron chi connectivity index (χ1n) is 41.9. The summed E-state index contributed by atoms with van der Waals surface area (Å²) in [6.07, 6.45) is -99.6. The lowest BCUT2D eigenvalue weighted by atomic mass is 9.88. The topological polar surface area (TPSA) is 956 Å². The molecule has 60 nitrogen and oxygen atoms in total. The molecule has 60 heteroatoms. The second-order valence-electron chi connectivity index (χ2n) is 33.0. The van der Waals surface area contributed by atoms with Crippen molar-refractivity contribution in [2.45, 2.75) is 340 Å². The zero-order valence-corrected chi connectivity index (χ0v) is 71.1. The number of nitrogens with one attached hydrogen (secondary N) is 5. The van der Waals surface area contributed by atoms with Crippen molar-refractivity contribution in [1.29, 1.82) is 0 Å². The van der Waals surface area contributed by atoms with E-state index in [2.05, 4.69) is 26.6 Å². The maximum atomic E-state index is 13.2. The molecule has 36 N–H and O–H groups in total. The first-order chi connectivity index (χ1) is 62.8. The lowest BCUT2D eigenvalue weighted by molar-refractivity contribution is -0.399. The molecule has 0 bridgehead atoms. The second-order valence-corrected chi connectivity index (χ2v) is 33.0. The highest BCUT2D eigenvalue weighted by atomic mass is 16.8. The number of carboxylic acid groups (broad SMARTS) is 1. The maximum Gasteiger partial charge on any atom is 0.364 e. The summed E-state index contributed by atoms with van der Waals surface area (Å²) in [6, 6.07) is -9.69. The number of aliphatic hydroxyl groups excluding tert-OH is 30. The molecule has 0 aromatic heterocycles. The minimum Gasteiger partial charge on any atom is -0.477 e. The fraction of sp³-hybridized carbons (Fsp3) is 0.918. The summed E-state index contributed by atoms with van der Waals surface area (Å²) in [5.74, 6) is -10.4. The molecule has 0 saturated carbocycles. The quantitative estimate of drug-likeness (QED) is 0.0270. The number of hydrogen-bond donors (Lipinski definition) is 36. The predicted octanol–water partition coefficient (Wildman–Crippen LogP) is -24.3. The third-order valence-electron chi connectivity index (χ3n) is 23.6. The Kier molecular flexibility index (Phi) is 41.4. The number of carboxylic acids is 1. The van der Waals surface area contributed by atoms with Gasteiger partial charge in [0.05, 0.1) is 90.9 Å². The molecule has 9 fully saturated rings. The van der Waals surface area contributed by atoms with Crippen LogP contribution in [0.3, 0.4) is 0 Å². The van der Waals surface area contributed by atoms with Gasteiger partial charge in [-0.1, -0.05) is 0 Å². The number of amides is 5. The van der Waals surface area contributed by atoms with Crippen molar-refractivity contribution in [1.82, 2.24) is 26.6 Å². The van der Waals surface area contributed by atoms with E-state index in [1.807, 2.05) is 0 Å². The highest BCUT2D eigenvalue weighted by Gasteiger charge is 2.63. The van der Waals surface area contributed by atoms with Gasteiger partial charge in [-0.3, -0.25) is 24.0 Å². The zero-order chi connectivity index (χ0) is 98.7. The first kappa shape index (κ1) is 112. The van der Waals surface area contributed by atoms with Crippen molar-refractivity contribution in [3.63, 3.8) is 0 Å². The summed E-state index contributed by atoms with van der Waals surface area (Å²) in [5, 5.41) is 355. The summed E-state index contributed by atoms with van der Waals surface area (Å²) >= 11 is 0. The molecule has 0 unspecified atom stereocenters. The van der Waals surface area contributed by atoms with E-state index < -0.39 is 427 Å². The van der Waals surface area contributed by atoms with E-state index in [4.69, 9.17) is 85.3 Å². The van der Waals surface area contributed by atoms with E-state index in [1.54, 1.807) is 0 Å². The molecule has 133 heavy (non-hydrogen) atoms. The highest BCUT2D eigenvalue weighted by molar-refractivity contribution is 5.78. The Balaban J connectivity index is 1.04. The minimum atomic E-state index is -3.18. The van der Waals surface area contributed by atoms with Crippen LogP contribution in [0.2, 0.25) is 0 Å². The number of hydrogen-bond acceptors (Lipinski definition) is 54. The Hall–Kier alpha value is -5.10. The molecule has 770 valence electrons. The molecule has 9 saturated heterocycles. The summed E-state index contributed by atoms with van der Waals surface area (Å²) in [7, 11) is 0. The number of rotatable bonds is 41. The van der Waals surface area contributed by atoms with Gasteiger partial charge in [0.25, 0.3) is 5.79 Å². The van der Waals surface area contributed by atoms with Crippen LogP contribution in [0.25, 0.3) is 0 Å². The number of aliphatic carboxylic acids is 1. The third kappa shape index (κ3) is 25.6. The predicted molar refractivity (Wildman–Crippen MR) is 409 cm³/mol. The summed E-state index contributed by atoms with van der Waals surface area (Å²) in [5.41, 5.74) is 0. The van der Waals surface area contributed by atoms with E-state index in [0.717, 1.165) is 27.7 Å². The van der Waals surface area contributed by atoms with Crippen molar-refractivity contribution in [2.75, 3.05) is 79.3 Å². The maximum absolute atomic E-state index is 13.2. The number of carbonyl (C=O) groups is 6. The van der Waals surface area contributed by atoms with Crippen molar-refractivity contribution >= 4 is 35.5 Å². The monoisotopic (exact) mass is 1950 g/mol. The van der Waals surface area contributed by atoms with Crippen LogP contribution in [0.15, 0.2) is 0 Å². The van der Waals surface area contributed by atoms with Gasteiger partial charge < -0.3 is 270 Å². The summed E-state index contributed by atoms with van der Waals surface area (Å²) < 4.78 is 107. The average molecular weight is 1950 g/mol. The van der Waals surface area contributed by atoms with Gasteiger partial charge >= 0.3 is 5.97 Å². The molecular weight excluding hydrogens is 1830 g/mol. The van der Waals surface area contributed by atoms with Crippen LogP contribution in [0, 0.1) is 0 Å². The van der Waals surface area contributed by atoms with Gasteiger partial charge in [0.15, 0.2) is 50.3 Å². The Bertz CT molecular complexity index is 3650. The lowest BCUT2D eigenvalue weighted by Gasteiger charge is -2.51. The Labute approximate surface area is 751 Å². The van der Waals surface area contributed by atoms with Crippen LogP contribution in [0.1, 0.15) is 34.1 Å². The highest BCUT2D eigenvalue weighted by Crippen LogP contribution is 2.42. The third-order valence-corrected chi connectivity index (χ3v) is 23.6. The SMILES string of the molecule is CC(=O)N[C@H]1[C@H](O[C@@H]([C@H](O)[C@H](CO)NC(C)=O)[C@H](O)CO)O[C@H](CO)[C@@H](O[C@@H]2O[C@H](CO[C@H]3O[C@H](CO)[C@@H](O)[C@H](O)[C@@H]3O[C@@H]3O[C@H](CO)[C@@H](O[C@@H]4O[C@H](CO)[C@H](O)[C@H](O)[C@H]4O)[C@H](O)[C@H]3NC(C)=O)[C@@H](O)[C@H](O[C@H]3O[C@H](CO)[C@@H](O)[C@H](O)[C@@H]3O[C@@H]3O[C@H](CO)[C@@H](O[C@@H]4O[C@H](CO[C@]5(C(=O)O)C[C@H](O)[C@@H](NC(=O)CO)[C@H]([C@H](O)[C@H](O)CO)O5)[C@H](O)[C@H](O)[C@H]4O)[C@H](O)[C@H]3NC(C)=O)[C@@H]2O)[C@@H]1O.